The van der Waals surface area contributed by atoms with Gasteiger partial charge in [-0.15, -0.1) is 11.3 Å². The lowest BCUT2D eigenvalue weighted by Crippen LogP contribution is -2.35. The van der Waals surface area contributed by atoms with Gasteiger partial charge in [0.1, 0.15) is 5.75 Å². The van der Waals surface area contributed by atoms with Crippen molar-refractivity contribution in [3.05, 3.63) is 64.5 Å². The number of benzene rings is 2. The SMILES string of the molecule is COc1cc(Cc2cc3ccccc3s2)ccc1CN1CCOCC1. The highest BCUT2D eigenvalue weighted by Gasteiger charge is 2.14. The topological polar surface area (TPSA) is 21.7 Å². The zero-order chi connectivity index (χ0) is 17.1. The van der Waals surface area contributed by atoms with Gasteiger partial charge in [0.05, 0.1) is 20.3 Å². The van der Waals surface area contributed by atoms with Crippen LogP contribution in [0.5, 0.6) is 5.75 Å². The van der Waals surface area contributed by atoms with Gasteiger partial charge in [0.25, 0.3) is 0 Å². The summed E-state index contributed by atoms with van der Waals surface area (Å²) in [6.07, 6.45) is 0.952. The van der Waals surface area contributed by atoms with Crippen molar-refractivity contribution >= 4 is 21.4 Å². The van der Waals surface area contributed by atoms with Gasteiger partial charge in [0.2, 0.25) is 0 Å². The van der Waals surface area contributed by atoms with Crippen molar-refractivity contribution < 1.29 is 9.47 Å². The molecule has 0 radical (unpaired) electrons. The summed E-state index contributed by atoms with van der Waals surface area (Å²) in [7, 11) is 1.77. The van der Waals surface area contributed by atoms with Gasteiger partial charge in [-0.3, -0.25) is 4.90 Å². The van der Waals surface area contributed by atoms with Crippen molar-refractivity contribution in [1.82, 2.24) is 4.90 Å². The molecule has 0 aliphatic carbocycles. The third kappa shape index (κ3) is 3.87. The number of methoxy groups -OCH3 is 1. The molecule has 0 spiro atoms. The quantitative estimate of drug-likeness (QED) is 0.681. The molecular weight excluding hydrogens is 330 g/mol. The van der Waals surface area contributed by atoms with Crippen LogP contribution in [-0.2, 0) is 17.7 Å². The lowest BCUT2D eigenvalue weighted by atomic mass is 10.1. The first kappa shape index (κ1) is 16.6. The van der Waals surface area contributed by atoms with E-state index in [0.717, 1.165) is 45.0 Å². The molecule has 2 aromatic carbocycles. The molecule has 25 heavy (non-hydrogen) atoms. The Hall–Kier alpha value is -1.88. The van der Waals surface area contributed by atoms with Crippen LogP contribution >= 0.6 is 11.3 Å². The van der Waals surface area contributed by atoms with E-state index in [-0.39, 0.29) is 0 Å². The van der Waals surface area contributed by atoms with Crippen molar-refractivity contribution in [2.45, 2.75) is 13.0 Å². The van der Waals surface area contributed by atoms with Gasteiger partial charge in [0.15, 0.2) is 0 Å². The van der Waals surface area contributed by atoms with Gasteiger partial charge >= 0.3 is 0 Å². The van der Waals surface area contributed by atoms with Crippen LogP contribution in [-0.4, -0.2) is 38.3 Å². The molecular formula is C21H23NO2S. The van der Waals surface area contributed by atoms with Crippen molar-refractivity contribution in [2.24, 2.45) is 0 Å². The summed E-state index contributed by atoms with van der Waals surface area (Å²) < 4.78 is 12.5. The van der Waals surface area contributed by atoms with Crippen LogP contribution in [0.2, 0.25) is 0 Å². The molecule has 1 aromatic heterocycles. The molecule has 0 N–H and O–H groups in total. The number of fused-ring (bicyclic) bond motifs is 1. The fourth-order valence-electron chi connectivity index (χ4n) is 3.35. The lowest BCUT2D eigenvalue weighted by molar-refractivity contribution is 0.0339. The molecule has 0 atom stereocenters. The first-order valence-electron chi connectivity index (χ1n) is 8.75. The number of morpholine rings is 1. The molecule has 130 valence electrons. The second-order valence-electron chi connectivity index (χ2n) is 6.46. The molecule has 4 heteroatoms. The Balaban J connectivity index is 1.52. The summed E-state index contributed by atoms with van der Waals surface area (Å²) in [6, 6.07) is 17.5. The van der Waals surface area contributed by atoms with Crippen LogP contribution in [0.25, 0.3) is 10.1 Å². The fourth-order valence-corrected chi connectivity index (χ4v) is 4.45. The molecule has 3 aromatic rings. The van der Waals surface area contributed by atoms with E-state index in [1.54, 1.807) is 7.11 Å². The minimum atomic E-state index is 0.826. The van der Waals surface area contributed by atoms with Crippen LogP contribution in [0, 0.1) is 0 Å². The Morgan fingerprint density at radius 1 is 1.08 bits per heavy atom. The predicted octanol–water partition coefficient (Wildman–Crippen LogP) is 4.33. The van der Waals surface area contributed by atoms with Crippen LogP contribution in [0.4, 0.5) is 0 Å². The van der Waals surface area contributed by atoms with Gasteiger partial charge in [-0.05, 0) is 29.1 Å². The lowest BCUT2D eigenvalue weighted by Gasteiger charge is -2.27. The minimum absolute atomic E-state index is 0.826. The molecule has 0 bridgehead atoms. The van der Waals surface area contributed by atoms with E-state index >= 15 is 0 Å². The second-order valence-corrected chi connectivity index (χ2v) is 7.63. The second kappa shape index (κ2) is 7.56. The van der Waals surface area contributed by atoms with Crippen LogP contribution < -0.4 is 4.74 Å². The zero-order valence-electron chi connectivity index (χ0n) is 14.5. The van der Waals surface area contributed by atoms with Crippen molar-refractivity contribution in [3.63, 3.8) is 0 Å². The van der Waals surface area contributed by atoms with Gasteiger partial charge in [-0.25, -0.2) is 0 Å². The molecule has 1 aliphatic rings. The van der Waals surface area contributed by atoms with Gasteiger partial charge < -0.3 is 9.47 Å². The molecule has 1 saturated heterocycles. The minimum Gasteiger partial charge on any atom is -0.496 e. The average Bonchev–Trinajstić information content (AvgIpc) is 3.06. The van der Waals surface area contributed by atoms with E-state index in [9.17, 15) is 0 Å². The molecule has 1 fully saturated rings. The standard InChI is InChI=1S/C21H23NO2S/c1-23-20-13-16(6-7-18(20)15-22-8-10-24-11-9-22)12-19-14-17-4-2-3-5-21(17)25-19/h2-7,13-14H,8-12,15H2,1H3. The number of thiophene rings is 1. The normalized spacial score (nSPS) is 15.6. The summed E-state index contributed by atoms with van der Waals surface area (Å²) in [4.78, 5) is 3.82. The van der Waals surface area contributed by atoms with Gasteiger partial charge in [-0.2, -0.15) is 0 Å². The number of nitrogens with zero attached hydrogens (tertiary/aromatic N) is 1. The summed E-state index contributed by atoms with van der Waals surface area (Å²) in [5, 5.41) is 1.33. The van der Waals surface area contributed by atoms with E-state index in [1.807, 2.05) is 11.3 Å². The fraction of sp³-hybridized carbons (Fsp3) is 0.333. The maximum Gasteiger partial charge on any atom is 0.123 e. The summed E-state index contributed by atoms with van der Waals surface area (Å²) >= 11 is 1.88. The first-order chi connectivity index (χ1) is 12.3. The molecule has 0 unspecified atom stereocenters. The molecule has 0 saturated carbocycles. The average molecular weight is 353 g/mol. The van der Waals surface area contributed by atoms with Crippen molar-refractivity contribution in [3.8, 4) is 5.75 Å². The molecule has 3 nitrogen and oxygen atoms in total. The third-order valence-electron chi connectivity index (χ3n) is 4.70. The Morgan fingerprint density at radius 2 is 1.92 bits per heavy atom. The summed E-state index contributed by atoms with van der Waals surface area (Å²) in [6.45, 7) is 4.56. The van der Waals surface area contributed by atoms with Gasteiger partial charge in [0, 0.05) is 41.2 Å². The number of hydrogen-bond acceptors (Lipinski definition) is 4. The van der Waals surface area contributed by atoms with Crippen molar-refractivity contribution in [2.75, 3.05) is 33.4 Å². The maximum atomic E-state index is 5.67. The molecule has 2 heterocycles. The Bertz CT molecular complexity index is 819. The molecule has 0 amide bonds. The highest BCUT2D eigenvalue weighted by molar-refractivity contribution is 7.19. The molecule has 4 rings (SSSR count). The Morgan fingerprint density at radius 3 is 2.72 bits per heavy atom. The van der Waals surface area contributed by atoms with Crippen LogP contribution in [0.15, 0.2) is 48.5 Å². The Kier molecular flexibility index (Phi) is 5.02. The predicted molar refractivity (Wildman–Crippen MR) is 104 cm³/mol. The highest BCUT2D eigenvalue weighted by Crippen LogP contribution is 2.29. The monoisotopic (exact) mass is 353 g/mol. The van der Waals surface area contributed by atoms with E-state index < -0.39 is 0 Å². The Labute approximate surface area is 152 Å². The number of rotatable bonds is 5. The summed E-state index contributed by atoms with van der Waals surface area (Å²) in [5.41, 5.74) is 2.55. The van der Waals surface area contributed by atoms with Crippen LogP contribution in [0.1, 0.15) is 16.0 Å². The van der Waals surface area contributed by atoms with E-state index in [1.165, 1.54) is 26.1 Å². The van der Waals surface area contributed by atoms with E-state index in [0.29, 0.717) is 0 Å². The van der Waals surface area contributed by atoms with E-state index in [2.05, 4.69) is 53.4 Å². The summed E-state index contributed by atoms with van der Waals surface area (Å²) in [5.74, 6) is 0.991. The number of hydrogen-bond donors (Lipinski definition) is 0. The smallest absolute Gasteiger partial charge is 0.123 e. The van der Waals surface area contributed by atoms with Crippen LogP contribution in [0.3, 0.4) is 0 Å². The first-order valence-corrected chi connectivity index (χ1v) is 9.57. The maximum absolute atomic E-state index is 5.67. The largest absolute Gasteiger partial charge is 0.496 e. The highest BCUT2D eigenvalue weighted by atomic mass is 32.1. The number of ether oxygens (including phenoxy) is 2. The molecule has 1 aliphatic heterocycles. The van der Waals surface area contributed by atoms with Gasteiger partial charge in [-0.1, -0.05) is 30.3 Å². The van der Waals surface area contributed by atoms with E-state index in [4.69, 9.17) is 9.47 Å². The zero-order valence-corrected chi connectivity index (χ0v) is 15.3. The third-order valence-corrected chi connectivity index (χ3v) is 5.82. The van der Waals surface area contributed by atoms with Crippen molar-refractivity contribution in [1.29, 1.82) is 0 Å².